The highest BCUT2D eigenvalue weighted by Gasteiger charge is 2.39. The molecule has 0 aliphatic heterocycles. The first-order valence-electron chi connectivity index (χ1n) is 9.25. The summed E-state index contributed by atoms with van der Waals surface area (Å²) in [4.78, 5) is 10.5. The Hall–Kier alpha value is -2.28. The van der Waals surface area contributed by atoms with Gasteiger partial charge in [-0.05, 0) is 63.9 Å². The normalized spacial score (nSPS) is 13.0. The molecule has 29 heavy (non-hydrogen) atoms. The van der Waals surface area contributed by atoms with E-state index in [1.807, 2.05) is 0 Å². The van der Waals surface area contributed by atoms with E-state index < -0.39 is 24.1 Å². The van der Waals surface area contributed by atoms with Gasteiger partial charge in [0.25, 0.3) is 5.69 Å². The number of aryl methyl sites for hydroxylation is 1. The van der Waals surface area contributed by atoms with Crippen LogP contribution in [0, 0.1) is 22.9 Å². The monoisotopic (exact) mass is 424 g/mol. The van der Waals surface area contributed by atoms with E-state index in [2.05, 4.69) is 5.32 Å². The fourth-order valence-corrected chi connectivity index (χ4v) is 5.10. The third-order valence-corrected chi connectivity index (χ3v) is 6.42. The molecule has 0 amide bonds. The van der Waals surface area contributed by atoms with Gasteiger partial charge in [0.1, 0.15) is 5.82 Å². The van der Waals surface area contributed by atoms with Crippen molar-refractivity contribution in [1.82, 2.24) is 0 Å². The second-order valence-corrected chi connectivity index (χ2v) is 9.22. The number of rotatable bonds is 9. The molecule has 158 valence electrons. The Bertz CT molecular complexity index is 888. The van der Waals surface area contributed by atoms with E-state index in [9.17, 15) is 19.1 Å². The van der Waals surface area contributed by atoms with Gasteiger partial charge in [-0.2, -0.15) is 0 Å². The van der Waals surface area contributed by atoms with Crippen LogP contribution in [-0.4, -0.2) is 17.1 Å². The molecular formula is C20H26FN2O5P. The molecule has 1 N–H and O–H groups in total. The Labute approximate surface area is 169 Å². The van der Waals surface area contributed by atoms with Crippen molar-refractivity contribution in [2.45, 2.75) is 52.6 Å². The summed E-state index contributed by atoms with van der Waals surface area (Å²) in [5.41, 5.74) is 1.58. The second-order valence-electron chi connectivity index (χ2n) is 7.20. The number of nitrogens with one attached hydrogen (secondary N) is 1. The molecule has 0 heterocycles. The zero-order chi connectivity index (χ0) is 21.8. The fourth-order valence-electron chi connectivity index (χ4n) is 2.79. The Kier molecular flexibility index (Phi) is 7.52. The van der Waals surface area contributed by atoms with Crippen LogP contribution >= 0.6 is 7.60 Å². The summed E-state index contributed by atoms with van der Waals surface area (Å²) in [6.07, 6.45) is -0.774. The van der Waals surface area contributed by atoms with E-state index in [1.165, 1.54) is 36.4 Å². The predicted molar refractivity (Wildman–Crippen MR) is 111 cm³/mol. The first kappa shape index (κ1) is 23.0. The molecule has 0 spiro atoms. The van der Waals surface area contributed by atoms with Crippen LogP contribution in [0.15, 0.2) is 42.5 Å². The molecule has 0 radical (unpaired) electrons. The van der Waals surface area contributed by atoms with Gasteiger partial charge < -0.3 is 14.4 Å². The van der Waals surface area contributed by atoms with Crippen LogP contribution in [0.5, 0.6) is 0 Å². The molecule has 0 aliphatic carbocycles. The molecule has 1 unspecified atom stereocenters. The minimum atomic E-state index is -3.76. The molecule has 0 bridgehead atoms. The molecule has 2 rings (SSSR count). The maximum absolute atomic E-state index is 13.8. The quantitative estimate of drug-likeness (QED) is 0.293. The van der Waals surface area contributed by atoms with Gasteiger partial charge in [0.2, 0.25) is 0 Å². The third kappa shape index (κ3) is 6.10. The van der Waals surface area contributed by atoms with Gasteiger partial charge in [0, 0.05) is 17.8 Å². The number of halogens is 1. The Balaban J connectivity index is 2.53. The van der Waals surface area contributed by atoms with Crippen LogP contribution in [0.2, 0.25) is 0 Å². The highest BCUT2D eigenvalue weighted by molar-refractivity contribution is 7.54. The van der Waals surface area contributed by atoms with Crippen LogP contribution in [0.3, 0.4) is 0 Å². The van der Waals surface area contributed by atoms with E-state index in [-0.39, 0.29) is 17.9 Å². The highest BCUT2D eigenvalue weighted by atomic mass is 31.2. The van der Waals surface area contributed by atoms with Gasteiger partial charge in [-0.25, -0.2) is 4.39 Å². The SMILES string of the molecule is Cc1cc([N+](=O)[O-])ccc1NC(c1ccc(F)cc1)P(=O)(OC(C)C)OC(C)C. The number of nitro benzene ring substituents is 1. The van der Waals surface area contributed by atoms with E-state index in [0.717, 1.165) is 0 Å². The summed E-state index contributed by atoms with van der Waals surface area (Å²) in [6.45, 7) is 8.68. The molecule has 2 aromatic rings. The van der Waals surface area contributed by atoms with Crippen LogP contribution in [-0.2, 0) is 13.6 Å². The minimum absolute atomic E-state index is 0.0496. The predicted octanol–water partition coefficient (Wildman–Crippen LogP) is 6.20. The van der Waals surface area contributed by atoms with E-state index in [1.54, 1.807) is 40.7 Å². The average Bonchev–Trinajstić information content (AvgIpc) is 2.60. The number of hydrogen-bond acceptors (Lipinski definition) is 6. The molecular weight excluding hydrogens is 398 g/mol. The van der Waals surface area contributed by atoms with Crippen molar-refractivity contribution in [3.05, 3.63) is 69.5 Å². The lowest BCUT2D eigenvalue weighted by molar-refractivity contribution is -0.384. The number of non-ortho nitro benzene ring substituents is 1. The lowest BCUT2D eigenvalue weighted by Gasteiger charge is -2.31. The third-order valence-electron chi connectivity index (χ3n) is 3.93. The molecule has 0 saturated carbocycles. The van der Waals surface area contributed by atoms with E-state index in [0.29, 0.717) is 16.8 Å². The number of nitro groups is 1. The molecule has 2 aromatic carbocycles. The van der Waals surface area contributed by atoms with Crippen molar-refractivity contribution in [3.63, 3.8) is 0 Å². The van der Waals surface area contributed by atoms with Gasteiger partial charge in [-0.15, -0.1) is 0 Å². The molecule has 0 aliphatic rings. The first-order valence-corrected chi connectivity index (χ1v) is 10.9. The first-order chi connectivity index (χ1) is 13.5. The van der Waals surface area contributed by atoms with Crippen molar-refractivity contribution in [3.8, 4) is 0 Å². The zero-order valence-corrected chi connectivity index (χ0v) is 18.0. The number of anilines is 1. The van der Waals surface area contributed by atoms with Gasteiger partial charge in [-0.3, -0.25) is 14.7 Å². The van der Waals surface area contributed by atoms with Crippen LogP contribution in [0.1, 0.15) is 44.6 Å². The maximum atomic E-state index is 13.8. The largest absolute Gasteiger partial charge is 0.368 e. The molecule has 0 aromatic heterocycles. The van der Waals surface area contributed by atoms with Crippen molar-refractivity contribution >= 4 is 19.0 Å². The maximum Gasteiger partial charge on any atom is 0.357 e. The van der Waals surface area contributed by atoms with Gasteiger partial charge in [0.05, 0.1) is 17.1 Å². The summed E-state index contributed by atoms with van der Waals surface area (Å²) in [6, 6.07) is 9.86. The van der Waals surface area contributed by atoms with Crippen molar-refractivity contribution < 1.29 is 22.9 Å². The molecule has 7 nitrogen and oxygen atoms in total. The summed E-state index contributed by atoms with van der Waals surface area (Å²) < 4.78 is 38.7. The zero-order valence-electron chi connectivity index (χ0n) is 17.1. The summed E-state index contributed by atoms with van der Waals surface area (Å²) in [7, 11) is -3.76. The molecule has 0 fully saturated rings. The number of benzene rings is 2. The topological polar surface area (TPSA) is 90.7 Å². The summed E-state index contributed by atoms with van der Waals surface area (Å²) in [5, 5.41) is 14.1. The van der Waals surface area contributed by atoms with Gasteiger partial charge in [0.15, 0.2) is 5.78 Å². The van der Waals surface area contributed by atoms with Crippen LogP contribution in [0.4, 0.5) is 15.8 Å². The summed E-state index contributed by atoms with van der Waals surface area (Å²) in [5.74, 6) is -1.36. The standard InChI is InChI=1S/C20H26FN2O5P/c1-13(2)27-29(26,28-14(3)4)20(16-6-8-17(21)9-7-16)22-19-11-10-18(23(24)25)12-15(19)5/h6-14,20,22H,1-5H3. The molecule has 9 heteroatoms. The van der Waals surface area contributed by atoms with E-state index in [4.69, 9.17) is 9.05 Å². The smallest absolute Gasteiger partial charge is 0.357 e. The minimum Gasteiger partial charge on any atom is -0.368 e. The average molecular weight is 424 g/mol. The van der Waals surface area contributed by atoms with E-state index >= 15 is 0 Å². The fraction of sp³-hybridized carbons (Fsp3) is 0.400. The highest BCUT2D eigenvalue weighted by Crippen LogP contribution is 2.62. The lowest BCUT2D eigenvalue weighted by atomic mass is 10.1. The van der Waals surface area contributed by atoms with Crippen molar-refractivity contribution in [1.29, 1.82) is 0 Å². The van der Waals surface area contributed by atoms with Crippen molar-refractivity contribution in [2.75, 3.05) is 5.32 Å². The van der Waals surface area contributed by atoms with Crippen LogP contribution < -0.4 is 5.32 Å². The lowest BCUT2D eigenvalue weighted by Crippen LogP contribution is -2.19. The Morgan fingerprint density at radius 2 is 1.59 bits per heavy atom. The van der Waals surface area contributed by atoms with Gasteiger partial charge >= 0.3 is 7.60 Å². The Morgan fingerprint density at radius 3 is 2.03 bits per heavy atom. The Morgan fingerprint density at radius 1 is 1.03 bits per heavy atom. The molecule has 1 atom stereocenters. The number of hydrogen-bond donors (Lipinski definition) is 1. The van der Waals surface area contributed by atoms with Gasteiger partial charge in [-0.1, -0.05) is 12.1 Å². The number of nitrogens with zero attached hydrogens (tertiary/aromatic N) is 1. The summed E-state index contributed by atoms with van der Waals surface area (Å²) >= 11 is 0. The van der Waals surface area contributed by atoms with Crippen LogP contribution in [0.25, 0.3) is 0 Å². The van der Waals surface area contributed by atoms with Crippen molar-refractivity contribution in [2.24, 2.45) is 0 Å². The second kappa shape index (κ2) is 9.48. The molecule has 0 saturated heterocycles.